The molecule has 11 heteroatoms. The summed E-state index contributed by atoms with van der Waals surface area (Å²) in [5, 5.41) is 21.4. The molecule has 0 unspecified atom stereocenters. The minimum atomic E-state index is -0.766. The van der Waals surface area contributed by atoms with Crippen LogP contribution in [0, 0.1) is 18.3 Å². The molecular weight excluding hydrogens is 564 g/mol. The van der Waals surface area contributed by atoms with E-state index in [4.69, 9.17) is 4.52 Å². The van der Waals surface area contributed by atoms with Crippen molar-refractivity contribution in [1.82, 2.24) is 25.7 Å². The number of carbonyl (C=O) groups excluding carboxylic acids is 2. The van der Waals surface area contributed by atoms with Crippen LogP contribution in [0.25, 0.3) is 10.4 Å². The number of thiazole rings is 1. The third-order valence-electron chi connectivity index (χ3n) is 9.44. The summed E-state index contributed by atoms with van der Waals surface area (Å²) >= 11 is 1.60. The number of piperidine rings is 1. The lowest BCUT2D eigenvalue weighted by atomic mass is 9.72. The van der Waals surface area contributed by atoms with Crippen molar-refractivity contribution in [1.29, 1.82) is 0 Å². The molecule has 10 nitrogen and oxygen atoms in total. The molecule has 2 aromatic heterocycles. The molecule has 0 radical (unpaired) electrons. The standard InChI is InChI=1S/C32H42N6O4S/c1-19(2)28(26-14-27(36-42-26)37-16-32(17-37)9-11-33-12-10-32)31(41)38-15-24(39)13-25(38)30(40)35-20(3)22-5-7-23(8-6-22)29-21(4)34-18-43-29/h5-8,14,18-20,24-25,28,33,39H,9-13,15-17H2,1-4H3,(H,35,40)/t20-,24+,25-,28-/m0/s1. The maximum absolute atomic E-state index is 14.0. The predicted octanol–water partition coefficient (Wildman–Crippen LogP) is 3.88. The Morgan fingerprint density at radius 1 is 1.16 bits per heavy atom. The van der Waals surface area contributed by atoms with Crippen molar-refractivity contribution < 1.29 is 19.2 Å². The highest BCUT2D eigenvalue weighted by Crippen LogP contribution is 2.42. The second-order valence-corrected chi connectivity index (χ2v) is 13.8. The highest BCUT2D eigenvalue weighted by Gasteiger charge is 2.46. The molecule has 0 aliphatic carbocycles. The van der Waals surface area contributed by atoms with Gasteiger partial charge in [-0.15, -0.1) is 11.3 Å². The van der Waals surface area contributed by atoms with E-state index in [2.05, 4.69) is 25.7 Å². The molecule has 1 spiro atoms. The van der Waals surface area contributed by atoms with E-state index in [0.717, 1.165) is 53.7 Å². The van der Waals surface area contributed by atoms with Crippen LogP contribution in [0.3, 0.4) is 0 Å². The molecule has 3 fully saturated rings. The molecule has 43 heavy (non-hydrogen) atoms. The number of carbonyl (C=O) groups is 2. The van der Waals surface area contributed by atoms with Gasteiger partial charge in [0.05, 0.1) is 28.2 Å². The summed E-state index contributed by atoms with van der Waals surface area (Å²) < 4.78 is 5.77. The van der Waals surface area contributed by atoms with Crippen molar-refractivity contribution >= 4 is 29.0 Å². The van der Waals surface area contributed by atoms with Gasteiger partial charge in [0.1, 0.15) is 12.0 Å². The third kappa shape index (κ3) is 5.94. The van der Waals surface area contributed by atoms with E-state index < -0.39 is 18.1 Å². The SMILES string of the molecule is Cc1ncsc1-c1ccc([C@H](C)NC(=O)[C@@H]2C[C@@H](O)CN2C(=O)[C@H](c2cc(N3CC4(CCNCC4)C3)no2)C(C)C)cc1. The number of aryl methyl sites for hydroxylation is 1. The van der Waals surface area contributed by atoms with E-state index in [0.29, 0.717) is 11.2 Å². The van der Waals surface area contributed by atoms with E-state index in [9.17, 15) is 14.7 Å². The number of nitrogens with one attached hydrogen (secondary N) is 2. The summed E-state index contributed by atoms with van der Waals surface area (Å²) in [4.78, 5) is 36.8. The lowest BCUT2D eigenvalue weighted by Gasteiger charge is -2.52. The lowest BCUT2D eigenvalue weighted by molar-refractivity contribution is -0.141. The van der Waals surface area contributed by atoms with Gasteiger partial charge in [0, 0.05) is 37.5 Å². The number of hydrogen-bond acceptors (Lipinski definition) is 9. The van der Waals surface area contributed by atoms with Crippen molar-refractivity contribution in [3.05, 3.63) is 52.9 Å². The van der Waals surface area contributed by atoms with Crippen LogP contribution >= 0.6 is 11.3 Å². The lowest BCUT2D eigenvalue weighted by Crippen LogP contribution is -2.60. The van der Waals surface area contributed by atoms with Gasteiger partial charge in [-0.05, 0) is 56.8 Å². The Labute approximate surface area is 256 Å². The van der Waals surface area contributed by atoms with Gasteiger partial charge in [-0.3, -0.25) is 9.59 Å². The third-order valence-corrected chi connectivity index (χ3v) is 10.4. The fourth-order valence-electron chi connectivity index (χ4n) is 6.89. The first-order chi connectivity index (χ1) is 20.6. The van der Waals surface area contributed by atoms with E-state index >= 15 is 0 Å². The highest BCUT2D eigenvalue weighted by molar-refractivity contribution is 7.13. The molecule has 4 atom stereocenters. The van der Waals surface area contributed by atoms with E-state index in [1.54, 1.807) is 11.3 Å². The number of likely N-dealkylation sites (tertiary alicyclic amines) is 1. The first kappa shape index (κ1) is 29.8. The number of aliphatic hydroxyl groups is 1. The van der Waals surface area contributed by atoms with Crippen molar-refractivity contribution in [3.8, 4) is 10.4 Å². The van der Waals surface area contributed by atoms with Gasteiger partial charge < -0.3 is 30.1 Å². The molecule has 2 amide bonds. The average molecular weight is 607 g/mol. The first-order valence-corrected chi connectivity index (χ1v) is 16.2. The van der Waals surface area contributed by atoms with Gasteiger partial charge in [0.25, 0.3) is 0 Å². The van der Waals surface area contributed by atoms with E-state index in [1.807, 2.05) is 63.5 Å². The zero-order valence-electron chi connectivity index (χ0n) is 25.4. The topological polar surface area (TPSA) is 124 Å². The summed E-state index contributed by atoms with van der Waals surface area (Å²) in [5.41, 5.74) is 5.24. The number of aliphatic hydroxyl groups excluding tert-OH is 1. The Hall–Kier alpha value is -3.28. The minimum Gasteiger partial charge on any atom is -0.391 e. The Morgan fingerprint density at radius 3 is 2.53 bits per heavy atom. The van der Waals surface area contributed by atoms with Crippen LogP contribution in [0.2, 0.25) is 0 Å². The number of β-amino-alcohol motifs (C(OH)–C–C–N with tert-alkyl or cyclic N) is 1. The van der Waals surface area contributed by atoms with Crippen LogP contribution in [-0.2, 0) is 9.59 Å². The monoisotopic (exact) mass is 606 g/mol. The summed E-state index contributed by atoms with van der Waals surface area (Å²) in [7, 11) is 0. The molecule has 5 heterocycles. The van der Waals surface area contributed by atoms with Crippen LogP contribution in [0.15, 0.2) is 40.4 Å². The molecule has 3 aliphatic heterocycles. The second kappa shape index (κ2) is 12.0. The first-order valence-electron chi connectivity index (χ1n) is 15.4. The van der Waals surface area contributed by atoms with Gasteiger partial charge >= 0.3 is 0 Å². The van der Waals surface area contributed by atoms with Gasteiger partial charge in [0.15, 0.2) is 11.6 Å². The molecule has 0 saturated carbocycles. The largest absolute Gasteiger partial charge is 0.391 e. The molecule has 3 aromatic rings. The molecule has 0 bridgehead atoms. The summed E-state index contributed by atoms with van der Waals surface area (Å²) in [6.07, 6.45) is 1.76. The molecule has 1 aromatic carbocycles. The van der Waals surface area contributed by atoms with E-state index in [1.165, 1.54) is 17.7 Å². The zero-order chi connectivity index (χ0) is 30.3. The van der Waals surface area contributed by atoms with E-state index in [-0.39, 0.29) is 36.7 Å². The normalized spacial score (nSPS) is 22.9. The smallest absolute Gasteiger partial charge is 0.243 e. The maximum atomic E-state index is 14.0. The molecule has 6 rings (SSSR count). The molecule has 3 N–H and O–H groups in total. The van der Waals surface area contributed by atoms with Crippen molar-refractivity contribution in [2.45, 2.75) is 71.1 Å². The van der Waals surface area contributed by atoms with Gasteiger partial charge in [-0.2, -0.15) is 0 Å². The second-order valence-electron chi connectivity index (χ2n) is 12.9. The summed E-state index contributed by atoms with van der Waals surface area (Å²) in [6, 6.07) is 8.95. The number of aromatic nitrogens is 2. The minimum absolute atomic E-state index is 0.0819. The maximum Gasteiger partial charge on any atom is 0.243 e. The van der Waals surface area contributed by atoms with Crippen LogP contribution < -0.4 is 15.5 Å². The summed E-state index contributed by atoms with van der Waals surface area (Å²) in [6.45, 7) is 12.0. The number of benzene rings is 1. The molecule has 3 saturated heterocycles. The zero-order valence-corrected chi connectivity index (χ0v) is 26.2. The quantitative estimate of drug-likeness (QED) is 0.353. The fourth-order valence-corrected chi connectivity index (χ4v) is 7.70. The number of rotatable bonds is 8. The average Bonchev–Trinajstić information content (AvgIpc) is 3.72. The van der Waals surface area contributed by atoms with Crippen LogP contribution in [0.5, 0.6) is 0 Å². The number of anilines is 1. The number of amides is 2. The Bertz CT molecular complexity index is 1440. The van der Waals surface area contributed by atoms with Crippen molar-refractivity contribution in [2.24, 2.45) is 11.3 Å². The van der Waals surface area contributed by atoms with Gasteiger partial charge in [0.2, 0.25) is 11.8 Å². The molecular formula is C32H42N6O4S. The Kier molecular flexibility index (Phi) is 8.32. The highest BCUT2D eigenvalue weighted by atomic mass is 32.1. The fraction of sp³-hybridized carbons (Fsp3) is 0.562. The van der Waals surface area contributed by atoms with Gasteiger partial charge in [-0.1, -0.05) is 43.3 Å². The summed E-state index contributed by atoms with van der Waals surface area (Å²) in [5.74, 6) is 0.0981. The molecule has 230 valence electrons. The van der Waals surface area contributed by atoms with Crippen LogP contribution in [-0.4, -0.2) is 76.8 Å². The number of nitrogens with zero attached hydrogens (tertiary/aromatic N) is 4. The number of hydrogen-bond donors (Lipinski definition) is 3. The Morgan fingerprint density at radius 2 is 1.88 bits per heavy atom. The van der Waals surface area contributed by atoms with Crippen LogP contribution in [0.1, 0.15) is 69.0 Å². The van der Waals surface area contributed by atoms with Crippen LogP contribution in [0.4, 0.5) is 5.82 Å². The Balaban J connectivity index is 1.12. The van der Waals surface area contributed by atoms with Crippen molar-refractivity contribution in [2.75, 3.05) is 37.6 Å². The predicted molar refractivity (Wildman–Crippen MR) is 166 cm³/mol. The van der Waals surface area contributed by atoms with Crippen molar-refractivity contribution in [3.63, 3.8) is 0 Å². The molecule has 3 aliphatic rings. The van der Waals surface area contributed by atoms with Gasteiger partial charge in [-0.25, -0.2) is 4.98 Å².